The Morgan fingerprint density at radius 1 is 0.971 bits per heavy atom. The predicted octanol–water partition coefficient (Wildman–Crippen LogP) is 2.72. The summed E-state index contributed by atoms with van der Waals surface area (Å²) in [6.07, 6.45) is 10.6. The molecule has 35 heavy (non-hydrogen) atoms. The van der Waals surface area contributed by atoms with Crippen LogP contribution in [-0.4, -0.2) is 13.4 Å². The van der Waals surface area contributed by atoms with Gasteiger partial charge in [0.15, 0.2) is 0 Å². The van der Waals surface area contributed by atoms with Crippen molar-refractivity contribution in [2.24, 2.45) is 0 Å². The van der Waals surface area contributed by atoms with Gasteiger partial charge in [-0.1, -0.05) is 34.3 Å². The van der Waals surface area contributed by atoms with Crippen LogP contribution in [0.25, 0.3) is 17.2 Å². The van der Waals surface area contributed by atoms with Crippen molar-refractivity contribution in [1.82, 2.24) is 0 Å². The van der Waals surface area contributed by atoms with Gasteiger partial charge in [-0.2, -0.15) is 0 Å². The van der Waals surface area contributed by atoms with Crippen LogP contribution >= 0.6 is 8.20 Å². The molecule has 0 saturated carbocycles. The van der Waals surface area contributed by atoms with Crippen LogP contribution in [0.4, 0.5) is 0 Å². The van der Waals surface area contributed by atoms with Crippen LogP contribution < -0.4 is 24.8 Å². The summed E-state index contributed by atoms with van der Waals surface area (Å²) in [5.74, 6) is 0. The van der Waals surface area contributed by atoms with Gasteiger partial charge in [-0.15, -0.1) is 0 Å². The molecular formula is C30H32Cl2PSiZr. The first-order valence-corrected chi connectivity index (χ1v) is 17.3. The number of halogens is 2. The Morgan fingerprint density at radius 3 is 2.29 bits per heavy atom. The van der Waals surface area contributed by atoms with Crippen molar-refractivity contribution >= 4 is 27.6 Å². The van der Waals surface area contributed by atoms with Crippen molar-refractivity contribution in [2.75, 3.05) is 0 Å². The largest absolute Gasteiger partial charge is 1.00 e. The summed E-state index contributed by atoms with van der Waals surface area (Å²) in [7, 11) is 0.406. The Kier molecular flexibility index (Phi) is 8.69. The fourth-order valence-corrected chi connectivity index (χ4v) is 11.9. The molecule has 5 heteroatoms. The van der Waals surface area contributed by atoms with Crippen molar-refractivity contribution in [3.05, 3.63) is 98.7 Å². The van der Waals surface area contributed by atoms with E-state index >= 15 is 0 Å². The number of rotatable bonds is 2. The number of hydrogen-bond acceptors (Lipinski definition) is 0. The van der Waals surface area contributed by atoms with E-state index < -0.39 is 8.07 Å². The summed E-state index contributed by atoms with van der Waals surface area (Å²) < 4.78 is 0.631. The number of allylic oxidation sites excluding steroid dienone is 7. The Hall–Kier alpha value is -0.750. The fourth-order valence-electron chi connectivity index (χ4n) is 5.43. The van der Waals surface area contributed by atoms with Gasteiger partial charge in [-0.3, -0.25) is 0 Å². The van der Waals surface area contributed by atoms with Crippen LogP contribution in [-0.2, 0) is 30.1 Å². The van der Waals surface area contributed by atoms with E-state index in [1.165, 1.54) is 42.4 Å². The van der Waals surface area contributed by atoms with Gasteiger partial charge < -0.3 is 24.8 Å². The number of hydrogen-bond donors (Lipinski definition) is 0. The molecule has 0 spiro atoms. The van der Waals surface area contributed by atoms with Crippen LogP contribution in [0.3, 0.4) is 0 Å². The Morgan fingerprint density at radius 2 is 1.66 bits per heavy atom. The van der Waals surface area contributed by atoms with Gasteiger partial charge in [-0.25, -0.2) is 0 Å². The standard InChI is InChI=1S/C19H19.C11H13PSi.2ClH.Zr/c1-19(2,3)16-12-10-15(11-13-16)18-9-5-7-14-6-4-8-17(14)18;1-4-7-11-10-8(12-7)5-6-9(10)13(11,2)3;;;/h4-13H,1-3H3;5-6H,4H2,1-3H3;2*1H;/q;;;;+2/p-2. The van der Waals surface area contributed by atoms with Crippen LogP contribution in [0.2, 0.25) is 13.1 Å². The zero-order valence-electron chi connectivity index (χ0n) is 21.3. The summed E-state index contributed by atoms with van der Waals surface area (Å²) in [5.41, 5.74) is 8.86. The van der Waals surface area contributed by atoms with E-state index in [9.17, 15) is 0 Å². The van der Waals surface area contributed by atoms with Crippen molar-refractivity contribution in [1.29, 1.82) is 0 Å². The monoisotopic (exact) mass is 611 g/mol. The molecular weight excluding hydrogens is 582 g/mol. The quantitative estimate of drug-likeness (QED) is 0.361. The molecule has 0 aromatic heterocycles. The zero-order chi connectivity index (χ0) is 23.5. The minimum atomic E-state index is -1.11. The SMILES string of the molecule is CC(C)(C)c1ccc(-c2cccc3c2C=C[CH]3[Zr+2])cc1.CCC1=PC2=CC=C3C2=C1[Si]3(C)C.[Cl-].[Cl-]. The van der Waals surface area contributed by atoms with Gasteiger partial charge >= 0.3 is 137 Å². The van der Waals surface area contributed by atoms with E-state index in [0.717, 1.165) is 0 Å². The van der Waals surface area contributed by atoms with E-state index in [-0.39, 0.29) is 30.2 Å². The smallest absolute Gasteiger partial charge is 0.114 e. The van der Waals surface area contributed by atoms with Crippen LogP contribution in [0, 0.1) is 0 Å². The zero-order valence-corrected chi connectivity index (χ0v) is 27.2. The molecule has 1 unspecified atom stereocenters. The Balaban J connectivity index is 0.000000199. The van der Waals surface area contributed by atoms with Crippen molar-refractivity contribution < 1.29 is 49.5 Å². The third-order valence-corrected chi connectivity index (χ3v) is 13.8. The fraction of sp³-hybridized carbons (Fsp3) is 0.300. The Labute approximate surface area is 241 Å². The molecule has 0 bridgehead atoms. The normalized spacial score (nSPS) is 20.2. The van der Waals surface area contributed by atoms with E-state index in [2.05, 4.69) is 108 Å². The molecule has 0 fully saturated rings. The molecule has 0 radical (unpaired) electrons. The van der Waals surface area contributed by atoms with Gasteiger partial charge in [0.05, 0.1) is 0 Å². The topological polar surface area (TPSA) is 0 Å². The van der Waals surface area contributed by atoms with Gasteiger partial charge in [0.1, 0.15) is 8.07 Å². The maximum atomic E-state index is 2.49. The molecule has 0 nitrogen and oxygen atoms in total. The van der Waals surface area contributed by atoms with Crippen molar-refractivity contribution in [3.8, 4) is 11.1 Å². The first-order chi connectivity index (χ1) is 15.6. The summed E-state index contributed by atoms with van der Waals surface area (Å²) in [6.45, 7) is 14.1. The van der Waals surface area contributed by atoms with E-state index in [4.69, 9.17) is 0 Å². The van der Waals surface area contributed by atoms with Gasteiger partial charge in [-0.05, 0) is 33.8 Å². The predicted molar refractivity (Wildman–Crippen MR) is 145 cm³/mol. The molecule has 1 atom stereocenters. The summed E-state index contributed by atoms with van der Waals surface area (Å²) in [5, 5.41) is 6.82. The van der Waals surface area contributed by atoms with Gasteiger partial charge in [0.2, 0.25) is 0 Å². The minimum Gasteiger partial charge on any atom is -1.00 e. The maximum Gasteiger partial charge on any atom is 0.114 e. The van der Waals surface area contributed by atoms with E-state index in [0.29, 0.717) is 3.63 Å². The number of fused-ring (bicyclic) bond motifs is 1. The molecule has 2 heterocycles. The minimum absolute atomic E-state index is 0. The van der Waals surface area contributed by atoms with Crippen molar-refractivity contribution in [3.63, 3.8) is 0 Å². The van der Waals surface area contributed by atoms with Crippen LogP contribution in [0.15, 0.2) is 82.0 Å². The summed E-state index contributed by atoms with van der Waals surface area (Å²) in [4.78, 5) is 0. The molecule has 0 saturated heterocycles. The molecule has 2 aliphatic carbocycles. The van der Waals surface area contributed by atoms with Crippen molar-refractivity contribution in [2.45, 2.75) is 56.3 Å². The molecule has 2 aromatic rings. The summed E-state index contributed by atoms with van der Waals surface area (Å²) in [6, 6.07) is 15.8. The van der Waals surface area contributed by atoms with Gasteiger partial charge in [0, 0.05) is 5.31 Å². The second-order valence-electron chi connectivity index (χ2n) is 10.9. The van der Waals surface area contributed by atoms with Crippen LogP contribution in [0.1, 0.15) is 54.4 Å². The first-order valence-electron chi connectivity index (χ1n) is 12.0. The molecule has 179 valence electrons. The van der Waals surface area contributed by atoms with Gasteiger partial charge in [0.25, 0.3) is 0 Å². The molecule has 0 amide bonds. The molecule has 4 aliphatic rings. The maximum absolute atomic E-state index is 2.49. The van der Waals surface area contributed by atoms with E-state index in [1.807, 2.05) is 0 Å². The number of benzene rings is 2. The molecule has 0 N–H and O–H groups in total. The first kappa shape index (κ1) is 28.8. The third kappa shape index (κ3) is 4.92. The average Bonchev–Trinajstić information content (AvgIpc) is 3.44. The molecule has 6 rings (SSSR count). The van der Waals surface area contributed by atoms with E-state index in [1.54, 1.807) is 51.3 Å². The third-order valence-electron chi connectivity index (χ3n) is 7.35. The Bertz CT molecular complexity index is 1300. The second kappa shape index (κ2) is 10.6. The average molecular weight is 614 g/mol. The van der Waals surface area contributed by atoms with Crippen LogP contribution in [0.5, 0.6) is 0 Å². The second-order valence-corrected chi connectivity index (χ2v) is 18.0. The summed E-state index contributed by atoms with van der Waals surface area (Å²) >= 11 is 1.57. The molecule has 2 aromatic carbocycles. The molecule has 2 aliphatic heterocycles.